The molecule has 0 saturated heterocycles. The number of hydrogen-bond donors (Lipinski definition) is 2. The Morgan fingerprint density at radius 3 is 2.17 bits per heavy atom. The van der Waals surface area contributed by atoms with E-state index in [0.29, 0.717) is 11.1 Å². The van der Waals surface area contributed by atoms with Gasteiger partial charge in [0, 0.05) is 6.54 Å². The quantitative estimate of drug-likeness (QED) is 0.814. The van der Waals surface area contributed by atoms with Crippen molar-refractivity contribution in [2.45, 2.75) is 24.1 Å². The van der Waals surface area contributed by atoms with Crippen molar-refractivity contribution in [2.75, 3.05) is 0 Å². The van der Waals surface area contributed by atoms with Gasteiger partial charge in [0.25, 0.3) is 0 Å². The highest BCUT2D eigenvalue weighted by molar-refractivity contribution is 7.89. The van der Waals surface area contributed by atoms with Gasteiger partial charge in [-0.1, -0.05) is 42.0 Å². The molecule has 2 rings (SSSR count). The molecule has 0 aromatic heterocycles. The smallest absolute Gasteiger partial charge is 0.225 e. The van der Waals surface area contributed by atoms with Gasteiger partial charge in [0.2, 0.25) is 20.0 Å². The summed E-state index contributed by atoms with van der Waals surface area (Å²) in [6.07, 6.45) is 0. The van der Waals surface area contributed by atoms with Gasteiger partial charge in [-0.15, -0.1) is 0 Å². The Kier molecular flexibility index (Phi) is 5.20. The zero-order chi connectivity index (χ0) is 17.1. The first-order valence-corrected chi connectivity index (χ1v) is 10.0. The molecule has 6 nitrogen and oxygen atoms in total. The number of rotatable bonds is 6. The molecule has 23 heavy (non-hydrogen) atoms. The predicted octanol–water partition coefficient (Wildman–Crippen LogP) is 1.26. The van der Waals surface area contributed by atoms with Crippen LogP contribution in [0, 0.1) is 6.92 Å². The van der Waals surface area contributed by atoms with E-state index in [9.17, 15) is 16.8 Å². The molecule has 0 atom stereocenters. The van der Waals surface area contributed by atoms with Crippen molar-refractivity contribution in [3.8, 4) is 0 Å². The lowest BCUT2D eigenvalue weighted by atomic mass is 10.2. The van der Waals surface area contributed by atoms with Crippen LogP contribution in [0.2, 0.25) is 0 Å². The summed E-state index contributed by atoms with van der Waals surface area (Å²) in [5, 5.41) is 5.01. The minimum absolute atomic E-state index is 0.0103. The molecule has 0 fully saturated rings. The fourth-order valence-electron chi connectivity index (χ4n) is 2.06. The fourth-order valence-corrected chi connectivity index (χ4v) is 3.69. The molecule has 0 spiro atoms. The monoisotopic (exact) mass is 354 g/mol. The van der Waals surface area contributed by atoms with Crippen molar-refractivity contribution in [3.05, 3.63) is 65.2 Å². The highest BCUT2D eigenvalue weighted by atomic mass is 32.2. The van der Waals surface area contributed by atoms with Gasteiger partial charge < -0.3 is 0 Å². The van der Waals surface area contributed by atoms with E-state index in [1.165, 1.54) is 24.3 Å². The molecule has 0 aliphatic heterocycles. The van der Waals surface area contributed by atoms with E-state index in [0.717, 1.165) is 5.56 Å². The maximum absolute atomic E-state index is 12.1. The summed E-state index contributed by atoms with van der Waals surface area (Å²) >= 11 is 0. The van der Waals surface area contributed by atoms with E-state index in [1.54, 1.807) is 6.07 Å². The van der Waals surface area contributed by atoms with Crippen LogP contribution >= 0.6 is 0 Å². The van der Waals surface area contributed by atoms with Crippen molar-refractivity contribution in [3.63, 3.8) is 0 Å². The third-order valence-electron chi connectivity index (χ3n) is 3.19. The number of nitrogens with two attached hydrogens (primary N) is 1. The number of nitrogens with one attached hydrogen (secondary N) is 1. The lowest BCUT2D eigenvalue weighted by Crippen LogP contribution is -2.24. The van der Waals surface area contributed by atoms with Gasteiger partial charge in [0.05, 0.1) is 10.6 Å². The van der Waals surface area contributed by atoms with Crippen LogP contribution in [0.15, 0.2) is 53.4 Å². The molecule has 0 saturated carbocycles. The molecule has 0 unspecified atom stereocenters. The van der Waals surface area contributed by atoms with Crippen LogP contribution in [0.1, 0.15) is 16.7 Å². The third kappa shape index (κ3) is 5.43. The number of benzene rings is 2. The summed E-state index contributed by atoms with van der Waals surface area (Å²) in [4.78, 5) is -0.0103. The molecular weight excluding hydrogens is 336 g/mol. The van der Waals surface area contributed by atoms with Crippen molar-refractivity contribution in [2.24, 2.45) is 5.14 Å². The molecular formula is C15H18N2O4S2. The molecule has 0 radical (unpaired) electrons. The highest BCUT2D eigenvalue weighted by Gasteiger charge is 2.12. The van der Waals surface area contributed by atoms with Gasteiger partial charge in [-0.25, -0.2) is 26.7 Å². The Labute approximate surface area is 136 Å². The van der Waals surface area contributed by atoms with Crippen LogP contribution in [0.3, 0.4) is 0 Å². The Bertz CT molecular complexity index is 889. The van der Waals surface area contributed by atoms with Crippen molar-refractivity contribution >= 4 is 20.0 Å². The average Bonchev–Trinajstić information content (AvgIpc) is 2.44. The molecule has 0 aliphatic rings. The van der Waals surface area contributed by atoms with E-state index >= 15 is 0 Å². The Morgan fingerprint density at radius 2 is 1.61 bits per heavy atom. The second-order valence-electron chi connectivity index (χ2n) is 5.26. The average molecular weight is 354 g/mol. The largest absolute Gasteiger partial charge is 0.238 e. The summed E-state index contributed by atoms with van der Waals surface area (Å²) in [7, 11) is -7.23. The zero-order valence-corrected chi connectivity index (χ0v) is 14.2. The molecule has 0 bridgehead atoms. The van der Waals surface area contributed by atoms with E-state index < -0.39 is 20.0 Å². The summed E-state index contributed by atoms with van der Waals surface area (Å²) in [5.74, 6) is -0.107. The number of aryl methyl sites for hydroxylation is 1. The fraction of sp³-hybridized carbons (Fsp3) is 0.200. The standard InChI is InChI=1S/C15H18N2O4S2/c1-12-3-2-4-14(9-12)11-22(18,19)17-10-13-5-7-15(8-6-13)23(16,20)21/h2-9,17H,10-11H2,1H3,(H2,16,20,21). The van der Waals surface area contributed by atoms with Crippen LogP contribution in [0.5, 0.6) is 0 Å². The second-order valence-corrected chi connectivity index (χ2v) is 8.63. The van der Waals surface area contributed by atoms with Crippen LogP contribution in [-0.2, 0) is 32.3 Å². The molecule has 0 amide bonds. The van der Waals surface area contributed by atoms with Crippen LogP contribution in [-0.4, -0.2) is 16.8 Å². The topological polar surface area (TPSA) is 106 Å². The van der Waals surface area contributed by atoms with Gasteiger partial charge in [0.1, 0.15) is 0 Å². The maximum atomic E-state index is 12.1. The maximum Gasteiger partial charge on any atom is 0.238 e. The van der Waals surface area contributed by atoms with E-state index in [1.807, 2.05) is 25.1 Å². The highest BCUT2D eigenvalue weighted by Crippen LogP contribution is 2.11. The summed E-state index contributed by atoms with van der Waals surface area (Å²) < 4.78 is 49.0. The molecule has 0 aliphatic carbocycles. The summed E-state index contributed by atoms with van der Waals surface area (Å²) in [5.41, 5.74) is 2.35. The first-order chi connectivity index (χ1) is 10.7. The lowest BCUT2D eigenvalue weighted by molar-refractivity contribution is 0.580. The molecule has 2 aromatic rings. The molecule has 0 heterocycles. The normalized spacial score (nSPS) is 12.3. The van der Waals surface area contributed by atoms with E-state index in [4.69, 9.17) is 5.14 Å². The van der Waals surface area contributed by atoms with Gasteiger partial charge in [-0.05, 0) is 30.2 Å². The van der Waals surface area contributed by atoms with E-state index in [2.05, 4.69) is 4.72 Å². The summed E-state index contributed by atoms with van der Waals surface area (Å²) in [6, 6.07) is 13.0. The molecule has 3 N–H and O–H groups in total. The second kappa shape index (κ2) is 6.79. The lowest BCUT2D eigenvalue weighted by Gasteiger charge is -2.08. The Morgan fingerprint density at radius 1 is 0.957 bits per heavy atom. The third-order valence-corrected chi connectivity index (χ3v) is 5.41. The van der Waals surface area contributed by atoms with Gasteiger partial charge in [-0.3, -0.25) is 0 Å². The van der Waals surface area contributed by atoms with Crippen molar-refractivity contribution in [1.82, 2.24) is 4.72 Å². The first-order valence-electron chi connectivity index (χ1n) is 6.80. The number of hydrogen-bond acceptors (Lipinski definition) is 4. The van der Waals surface area contributed by atoms with Crippen LogP contribution in [0.4, 0.5) is 0 Å². The predicted molar refractivity (Wildman–Crippen MR) is 88.5 cm³/mol. The molecule has 8 heteroatoms. The molecule has 2 aromatic carbocycles. The zero-order valence-electron chi connectivity index (χ0n) is 12.6. The minimum Gasteiger partial charge on any atom is -0.225 e. The SMILES string of the molecule is Cc1cccc(CS(=O)(=O)NCc2ccc(S(N)(=O)=O)cc2)c1. The van der Waals surface area contributed by atoms with Crippen molar-refractivity contribution < 1.29 is 16.8 Å². The first kappa shape index (κ1) is 17.6. The van der Waals surface area contributed by atoms with Gasteiger partial charge in [-0.2, -0.15) is 0 Å². The number of sulfonamides is 2. The minimum atomic E-state index is -3.75. The summed E-state index contributed by atoms with van der Waals surface area (Å²) in [6.45, 7) is 1.98. The van der Waals surface area contributed by atoms with Gasteiger partial charge in [0.15, 0.2) is 0 Å². The van der Waals surface area contributed by atoms with Crippen molar-refractivity contribution in [1.29, 1.82) is 0 Å². The number of primary sulfonamides is 1. The Balaban J connectivity index is 2.02. The van der Waals surface area contributed by atoms with Crippen LogP contribution < -0.4 is 9.86 Å². The van der Waals surface area contributed by atoms with Gasteiger partial charge >= 0.3 is 0 Å². The molecule has 124 valence electrons. The Hall–Kier alpha value is -1.74. The van der Waals surface area contributed by atoms with E-state index in [-0.39, 0.29) is 17.2 Å². The van der Waals surface area contributed by atoms with Crippen LogP contribution in [0.25, 0.3) is 0 Å².